The number of nitrogens with one attached hydrogen (secondary N) is 1. The number of likely N-dealkylation sites (tertiary alicyclic amines) is 1. The SMILES string of the molecule is Cl.O=C(c1cc(Cl)ccc1F)N1CCC2(CCNC2)CC1. The molecule has 1 aromatic carbocycles. The van der Waals surface area contributed by atoms with E-state index in [1.54, 1.807) is 4.90 Å². The minimum Gasteiger partial charge on any atom is -0.339 e. The second-order valence-electron chi connectivity index (χ2n) is 5.84. The Hall–Kier alpha value is -0.840. The minimum atomic E-state index is -0.498. The third-order valence-corrected chi connectivity index (χ3v) is 4.84. The van der Waals surface area contributed by atoms with E-state index in [0.717, 1.165) is 25.9 Å². The van der Waals surface area contributed by atoms with E-state index in [0.29, 0.717) is 23.5 Å². The number of rotatable bonds is 1. The van der Waals surface area contributed by atoms with Crippen molar-refractivity contribution in [3.8, 4) is 0 Å². The van der Waals surface area contributed by atoms with E-state index in [9.17, 15) is 9.18 Å². The molecule has 0 unspecified atom stereocenters. The van der Waals surface area contributed by atoms with Gasteiger partial charge in [-0.2, -0.15) is 0 Å². The largest absolute Gasteiger partial charge is 0.339 e. The number of carbonyl (C=O) groups is 1. The number of nitrogens with zero attached hydrogens (tertiary/aromatic N) is 1. The van der Waals surface area contributed by atoms with E-state index in [1.807, 2.05) is 0 Å². The standard InChI is InChI=1S/C15H18ClFN2O.ClH/c16-11-1-2-13(17)12(9-11)14(20)19-7-4-15(5-8-19)3-6-18-10-15;/h1-2,9,18H,3-8,10H2;1H. The van der Waals surface area contributed by atoms with Crippen LogP contribution in [0.25, 0.3) is 0 Å². The van der Waals surface area contributed by atoms with Crippen molar-refractivity contribution in [3.63, 3.8) is 0 Å². The first-order valence-corrected chi connectivity index (χ1v) is 7.43. The number of amides is 1. The number of halogens is 3. The van der Waals surface area contributed by atoms with Gasteiger partial charge in [-0.3, -0.25) is 4.79 Å². The highest BCUT2D eigenvalue weighted by Crippen LogP contribution is 2.37. The first kappa shape index (κ1) is 16.5. The second kappa shape index (κ2) is 6.51. The van der Waals surface area contributed by atoms with Gasteiger partial charge in [-0.15, -0.1) is 12.4 Å². The van der Waals surface area contributed by atoms with Gasteiger partial charge in [0.2, 0.25) is 0 Å². The Labute approximate surface area is 135 Å². The normalized spacial score (nSPS) is 20.4. The van der Waals surface area contributed by atoms with Crippen LogP contribution in [-0.4, -0.2) is 37.0 Å². The number of piperidine rings is 1. The molecule has 0 radical (unpaired) electrons. The maximum atomic E-state index is 13.8. The van der Waals surface area contributed by atoms with Crippen molar-refractivity contribution in [2.45, 2.75) is 19.3 Å². The Kier molecular flexibility index (Phi) is 5.12. The zero-order valence-corrected chi connectivity index (χ0v) is 13.3. The lowest BCUT2D eigenvalue weighted by molar-refractivity contribution is 0.0603. The van der Waals surface area contributed by atoms with Gasteiger partial charge in [0.25, 0.3) is 5.91 Å². The molecule has 3 rings (SSSR count). The number of benzene rings is 1. The Balaban J connectivity index is 0.00000161. The highest BCUT2D eigenvalue weighted by molar-refractivity contribution is 6.31. The minimum absolute atomic E-state index is 0. The van der Waals surface area contributed by atoms with Crippen molar-refractivity contribution in [1.29, 1.82) is 0 Å². The van der Waals surface area contributed by atoms with Crippen LogP contribution in [0.4, 0.5) is 4.39 Å². The summed E-state index contributed by atoms with van der Waals surface area (Å²) in [7, 11) is 0. The van der Waals surface area contributed by atoms with Gasteiger partial charge in [-0.05, 0) is 49.4 Å². The molecule has 1 amide bonds. The van der Waals surface area contributed by atoms with E-state index in [4.69, 9.17) is 11.6 Å². The average molecular weight is 333 g/mol. The third-order valence-electron chi connectivity index (χ3n) is 4.60. The van der Waals surface area contributed by atoms with E-state index >= 15 is 0 Å². The van der Waals surface area contributed by atoms with Gasteiger partial charge in [-0.25, -0.2) is 4.39 Å². The Morgan fingerprint density at radius 2 is 2.00 bits per heavy atom. The Bertz CT molecular complexity index is 522. The lowest BCUT2D eigenvalue weighted by Gasteiger charge is -2.38. The molecule has 1 aromatic rings. The fraction of sp³-hybridized carbons (Fsp3) is 0.533. The summed E-state index contributed by atoms with van der Waals surface area (Å²) in [6.45, 7) is 3.51. The van der Waals surface area contributed by atoms with Crippen LogP contribution in [0.1, 0.15) is 29.6 Å². The quantitative estimate of drug-likeness (QED) is 0.856. The number of carbonyl (C=O) groups excluding carboxylic acids is 1. The maximum Gasteiger partial charge on any atom is 0.256 e. The molecule has 0 bridgehead atoms. The Morgan fingerprint density at radius 3 is 2.62 bits per heavy atom. The lowest BCUT2D eigenvalue weighted by atomic mass is 9.78. The topological polar surface area (TPSA) is 32.3 Å². The van der Waals surface area contributed by atoms with Gasteiger partial charge in [0.1, 0.15) is 5.82 Å². The van der Waals surface area contributed by atoms with Gasteiger partial charge in [0.05, 0.1) is 5.56 Å². The zero-order valence-electron chi connectivity index (χ0n) is 11.7. The average Bonchev–Trinajstić information content (AvgIpc) is 2.90. The van der Waals surface area contributed by atoms with Crippen LogP contribution in [-0.2, 0) is 0 Å². The smallest absolute Gasteiger partial charge is 0.256 e. The molecule has 0 aliphatic carbocycles. The summed E-state index contributed by atoms with van der Waals surface area (Å²) < 4.78 is 13.8. The van der Waals surface area contributed by atoms with E-state index in [2.05, 4.69) is 5.32 Å². The molecule has 3 nitrogen and oxygen atoms in total. The van der Waals surface area contributed by atoms with Crippen molar-refractivity contribution in [2.75, 3.05) is 26.2 Å². The van der Waals surface area contributed by atoms with E-state index < -0.39 is 5.82 Å². The van der Waals surface area contributed by atoms with Crippen LogP contribution >= 0.6 is 24.0 Å². The summed E-state index contributed by atoms with van der Waals surface area (Å²) in [6.07, 6.45) is 3.17. The Morgan fingerprint density at radius 1 is 1.29 bits per heavy atom. The molecular weight excluding hydrogens is 314 g/mol. The third kappa shape index (κ3) is 3.33. The van der Waals surface area contributed by atoms with E-state index in [-0.39, 0.29) is 23.9 Å². The zero-order chi connectivity index (χ0) is 14.2. The van der Waals surface area contributed by atoms with Crippen LogP contribution in [0.5, 0.6) is 0 Å². The molecule has 0 atom stereocenters. The van der Waals surface area contributed by atoms with Gasteiger partial charge >= 0.3 is 0 Å². The fourth-order valence-corrected chi connectivity index (χ4v) is 3.41. The predicted octanol–water partition coefficient (Wildman–Crippen LogP) is 3.12. The molecule has 21 heavy (non-hydrogen) atoms. The van der Waals surface area contributed by atoms with Crippen LogP contribution in [0.15, 0.2) is 18.2 Å². The molecular formula is C15H19Cl2FN2O. The first-order valence-electron chi connectivity index (χ1n) is 7.05. The second-order valence-corrected chi connectivity index (χ2v) is 6.28. The molecule has 6 heteroatoms. The summed E-state index contributed by atoms with van der Waals surface area (Å²) in [4.78, 5) is 14.1. The lowest BCUT2D eigenvalue weighted by Crippen LogP contribution is -2.44. The summed E-state index contributed by atoms with van der Waals surface area (Å²) >= 11 is 5.85. The molecule has 2 fully saturated rings. The van der Waals surface area contributed by atoms with Crippen LogP contribution in [0, 0.1) is 11.2 Å². The predicted molar refractivity (Wildman–Crippen MR) is 83.7 cm³/mol. The number of hydrogen-bond acceptors (Lipinski definition) is 2. The monoisotopic (exact) mass is 332 g/mol. The summed E-state index contributed by atoms with van der Waals surface area (Å²) in [5, 5.41) is 3.79. The van der Waals surface area contributed by atoms with Crippen LogP contribution in [0.3, 0.4) is 0 Å². The molecule has 116 valence electrons. The van der Waals surface area contributed by atoms with Crippen LogP contribution < -0.4 is 5.32 Å². The summed E-state index contributed by atoms with van der Waals surface area (Å²) in [6, 6.07) is 4.13. The van der Waals surface area contributed by atoms with Crippen molar-refractivity contribution in [3.05, 3.63) is 34.6 Å². The molecule has 2 saturated heterocycles. The highest BCUT2D eigenvalue weighted by Gasteiger charge is 2.38. The van der Waals surface area contributed by atoms with Crippen molar-refractivity contribution >= 4 is 29.9 Å². The molecule has 0 saturated carbocycles. The molecule has 1 N–H and O–H groups in total. The van der Waals surface area contributed by atoms with Crippen molar-refractivity contribution in [1.82, 2.24) is 10.2 Å². The summed E-state index contributed by atoms with van der Waals surface area (Å²) in [5.41, 5.74) is 0.432. The van der Waals surface area contributed by atoms with Crippen LogP contribution in [0.2, 0.25) is 5.02 Å². The highest BCUT2D eigenvalue weighted by atomic mass is 35.5. The summed E-state index contributed by atoms with van der Waals surface area (Å²) in [5.74, 6) is -0.743. The fourth-order valence-electron chi connectivity index (χ4n) is 3.24. The van der Waals surface area contributed by atoms with E-state index in [1.165, 1.54) is 24.6 Å². The molecule has 1 spiro atoms. The number of hydrogen-bond donors (Lipinski definition) is 1. The molecule has 2 aliphatic rings. The first-order chi connectivity index (χ1) is 9.60. The molecule has 0 aromatic heterocycles. The molecule has 2 heterocycles. The maximum absolute atomic E-state index is 13.8. The van der Waals surface area contributed by atoms with Crippen molar-refractivity contribution in [2.24, 2.45) is 5.41 Å². The van der Waals surface area contributed by atoms with Gasteiger partial charge in [-0.1, -0.05) is 11.6 Å². The van der Waals surface area contributed by atoms with Crippen molar-refractivity contribution < 1.29 is 9.18 Å². The van der Waals surface area contributed by atoms with Gasteiger partial charge < -0.3 is 10.2 Å². The van der Waals surface area contributed by atoms with Gasteiger partial charge in [0, 0.05) is 24.7 Å². The van der Waals surface area contributed by atoms with Gasteiger partial charge in [0.15, 0.2) is 0 Å². The molecule has 2 aliphatic heterocycles.